The van der Waals surface area contributed by atoms with Gasteiger partial charge in [0.1, 0.15) is 0 Å². The summed E-state index contributed by atoms with van der Waals surface area (Å²) in [7, 11) is 2.47. The molecule has 0 spiro atoms. The van der Waals surface area contributed by atoms with E-state index in [2.05, 4.69) is 5.32 Å². The maximum atomic E-state index is 12.4. The highest BCUT2D eigenvalue weighted by atomic mass is 19.3. The maximum Gasteiger partial charge on any atom is 0.287 e. The molecule has 0 saturated carbocycles. The number of hydrogen-bond donors (Lipinski definition) is 1. The molecule has 0 fully saturated rings. The number of amides is 1. The van der Waals surface area contributed by atoms with Crippen molar-refractivity contribution in [2.24, 2.45) is 0 Å². The summed E-state index contributed by atoms with van der Waals surface area (Å²) in [6.45, 7) is -0.149. The molecule has 0 aliphatic heterocycles. The molecule has 1 N–H and O–H groups in total. The Hall–Kier alpha value is -0.780. The van der Waals surface area contributed by atoms with Gasteiger partial charge in [-0.2, -0.15) is 0 Å². The number of carbonyl (C=O) groups excluding carboxylic acids is 1. The van der Waals surface area contributed by atoms with Gasteiger partial charge in [-0.05, 0) is 7.05 Å². The van der Waals surface area contributed by atoms with E-state index in [0.29, 0.717) is 4.90 Å². The summed E-state index contributed by atoms with van der Waals surface area (Å²) in [5.41, 5.74) is 0. The molecule has 12 heavy (non-hydrogen) atoms. The maximum absolute atomic E-state index is 12.4. The van der Waals surface area contributed by atoms with Crippen LogP contribution >= 0.6 is 0 Å². The Morgan fingerprint density at radius 1 is 1.50 bits per heavy atom. The van der Waals surface area contributed by atoms with E-state index in [1.807, 2.05) is 0 Å². The molecule has 0 heterocycles. The molecule has 0 aromatic carbocycles. The highest BCUT2D eigenvalue weighted by Gasteiger charge is 2.26. The van der Waals surface area contributed by atoms with Crippen molar-refractivity contribution in [3.8, 4) is 0 Å². The zero-order valence-corrected chi connectivity index (χ0v) is 6.85. The van der Waals surface area contributed by atoms with E-state index >= 15 is 0 Å². The summed E-state index contributed by atoms with van der Waals surface area (Å²) < 4.78 is 35.8. The molecule has 0 bridgehead atoms. The fourth-order valence-corrected chi connectivity index (χ4v) is 0.583. The Labute approximate surface area is 68.5 Å². The Bertz CT molecular complexity index is 154. The van der Waals surface area contributed by atoms with Crippen molar-refractivity contribution in [1.82, 2.24) is 10.2 Å². The number of nitrogens with zero attached hydrogens (tertiary/aromatic N) is 1. The van der Waals surface area contributed by atoms with Crippen LogP contribution in [0.1, 0.15) is 0 Å². The van der Waals surface area contributed by atoms with E-state index in [0.717, 1.165) is 7.05 Å². The number of nitrogens with one attached hydrogen (secondary N) is 1. The minimum Gasteiger partial charge on any atom is -0.311 e. The second-order valence-corrected chi connectivity index (χ2v) is 2.24. The molecule has 0 aliphatic rings. The summed E-state index contributed by atoms with van der Waals surface area (Å²) in [5.74, 6) is -0.703. The fraction of sp³-hybridized carbons (Fsp3) is 0.833. The average Bonchev–Trinajstić information content (AvgIpc) is 2.02. The summed E-state index contributed by atoms with van der Waals surface area (Å²) in [4.78, 5) is 11.2. The highest BCUT2D eigenvalue weighted by Crippen LogP contribution is 2.08. The third-order valence-electron chi connectivity index (χ3n) is 1.30. The van der Waals surface area contributed by atoms with Gasteiger partial charge < -0.3 is 10.2 Å². The van der Waals surface area contributed by atoms with Crippen molar-refractivity contribution >= 4 is 5.91 Å². The topological polar surface area (TPSA) is 32.3 Å². The molecule has 1 unspecified atom stereocenters. The van der Waals surface area contributed by atoms with Crippen LogP contribution in [0.4, 0.5) is 13.2 Å². The summed E-state index contributed by atoms with van der Waals surface area (Å²) in [6.07, 6.45) is -5.68. The first-order valence-corrected chi connectivity index (χ1v) is 3.33. The Morgan fingerprint density at radius 3 is 2.33 bits per heavy atom. The first-order chi connectivity index (χ1) is 5.50. The third-order valence-corrected chi connectivity index (χ3v) is 1.30. The van der Waals surface area contributed by atoms with Crippen LogP contribution in [-0.2, 0) is 4.79 Å². The summed E-state index contributed by atoms with van der Waals surface area (Å²) in [6, 6.07) is 0. The van der Waals surface area contributed by atoms with Crippen LogP contribution in [0.3, 0.4) is 0 Å². The van der Waals surface area contributed by atoms with Crippen LogP contribution in [-0.4, -0.2) is 44.2 Å². The molecule has 1 amide bonds. The molecule has 0 aliphatic carbocycles. The van der Waals surface area contributed by atoms with Crippen LogP contribution in [0, 0.1) is 0 Å². The first kappa shape index (κ1) is 11.2. The average molecular weight is 184 g/mol. The monoisotopic (exact) mass is 184 g/mol. The zero-order chi connectivity index (χ0) is 9.72. The first-order valence-electron chi connectivity index (χ1n) is 3.33. The Balaban J connectivity index is 4.00. The van der Waals surface area contributed by atoms with E-state index in [1.54, 1.807) is 0 Å². The van der Waals surface area contributed by atoms with Crippen LogP contribution < -0.4 is 5.32 Å². The highest BCUT2D eigenvalue weighted by molar-refractivity contribution is 5.78. The molecule has 0 radical (unpaired) electrons. The van der Waals surface area contributed by atoms with Crippen LogP contribution in [0.25, 0.3) is 0 Å². The van der Waals surface area contributed by atoms with Crippen molar-refractivity contribution in [1.29, 1.82) is 0 Å². The molecule has 72 valence electrons. The molecule has 3 nitrogen and oxygen atoms in total. The normalized spacial score (nSPS) is 13.2. The zero-order valence-electron chi connectivity index (χ0n) is 6.85. The minimum absolute atomic E-state index is 0.149. The molecule has 0 saturated heterocycles. The molecule has 1 atom stereocenters. The molecule has 0 aromatic heterocycles. The van der Waals surface area contributed by atoms with Gasteiger partial charge in [-0.1, -0.05) is 0 Å². The van der Waals surface area contributed by atoms with Gasteiger partial charge in [-0.25, -0.2) is 13.2 Å². The van der Waals surface area contributed by atoms with E-state index in [1.165, 1.54) is 7.05 Å². The Kier molecular flexibility index (Phi) is 4.65. The van der Waals surface area contributed by atoms with Gasteiger partial charge in [-0.15, -0.1) is 0 Å². The SMILES string of the molecule is CNCC(=O)N(C)C(F)C(F)F. The van der Waals surface area contributed by atoms with Crippen molar-refractivity contribution in [3.05, 3.63) is 0 Å². The predicted molar refractivity (Wildman–Crippen MR) is 37.6 cm³/mol. The smallest absolute Gasteiger partial charge is 0.287 e. The standard InChI is InChI=1S/C6H11F3N2O/c1-10-3-4(12)11(2)6(9)5(7)8/h5-6,10H,3H2,1-2H3. The lowest BCUT2D eigenvalue weighted by atomic mass is 10.4. The number of alkyl halides is 3. The van der Waals surface area contributed by atoms with Gasteiger partial charge in [0.05, 0.1) is 6.54 Å². The number of likely N-dealkylation sites (N-methyl/N-ethyl adjacent to an activating group) is 2. The molecule has 0 rings (SSSR count). The summed E-state index contributed by atoms with van der Waals surface area (Å²) >= 11 is 0. The van der Waals surface area contributed by atoms with Gasteiger partial charge in [0.15, 0.2) is 0 Å². The van der Waals surface area contributed by atoms with E-state index in [9.17, 15) is 18.0 Å². The second kappa shape index (κ2) is 4.97. The van der Waals surface area contributed by atoms with Crippen LogP contribution in [0.2, 0.25) is 0 Å². The minimum atomic E-state index is -3.16. The van der Waals surface area contributed by atoms with Gasteiger partial charge in [0.25, 0.3) is 6.43 Å². The largest absolute Gasteiger partial charge is 0.311 e. The van der Waals surface area contributed by atoms with Gasteiger partial charge in [0, 0.05) is 7.05 Å². The quantitative estimate of drug-likeness (QED) is 0.634. The number of halogens is 3. The fourth-order valence-electron chi connectivity index (χ4n) is 0.583. The molecule has 0 aromatic rings. The van der Waals surface area contributed by atoms with E-state index in [4.69, 9.17) is 0 Å². The van der Waals surface area contributed by atoms with Gasteiger partial charge in [0.2, 0.25) is 12.2 Å². The predicted octanol–water partition coefficient (Wildman–Crippen LogP) is 0.225. The van der Waals surface area contributed by atoms with Crippen LogP contribution in [0.5, 0.6) is 0 Å². The number of hydrogen-bond acceptors (Lipinski definition) is 2. The molecular formula is C6H11F3N2O. The molecule has 6 heteroatoms. The number of rotatable bonds is 4. The van der Waals surface area contributed by atoms with Gasteiger partial charge >= 0.3 is 0 Å². The third kappa shape index (κ3) is 3.08. The van der Waals surface area contributed by atoms with Crippen molar-refractivity contribution in [3.63, 3.8) is 0 Å². The van der Waals surface area contributed by atoms with Crippen molar-refractivity contribution in [2.75, 3.05) is 20.6 Å². The van der Waals surface area contributed by atoms with E-state index < -0.39 is 18.6 Å². The van der Waals surface area contributed by atoms with Crippen molar-refractivity contribution < 1.29 is 18.0 Å². The summed E-state index contributed by atoms with van der Waals surface area (Å²) in [5, 5.41) is 2.44. The lowest BCUT2D eigenvalue weighted by Gasteiger charge is -2.20. The lowest BCUT2D eigenvalue weighted by molar-refractivity contribution is -0.140. The lowest BCUT2D eigenvalue weighted by Crippen LogP contribution is -2.42. The van der Waals surface area contributed by atoms with Crippen LogP contribution in [0.15, 0.2) is 0 Å². The van der Waals surface area contributed by atoms with Crippen molar-refractivity contribution in [2.45, 2.75) is 12.7 Å². The Morgan fingerprint density at radius 2 is 2.00 bits per heavy atom. The molecular weight excluding hydrogens is 173 g/mol. The number of carbonyl (C=O) groups is 1. The van der Waals surface area contributed by atoms with Gasteiger partial charge in [-0.3, -0.25) is 4.79 Å². The van der Waals surface area contributed by atoms with E-state index in [-0.39, 0.29) is 6.54 Å². The second-order valence-electron chi connectivity index (χ2n) is 2.24.